The molecule has 1 N–H and O–H groups in total. The second-order valence-corrected chi connectivity index (χ2v) is 3.55. The number of carbonyl (C=O) groups is 2. The van der Waals surface area contributed by atoms with Crippen LogP contribution in [0.15, 0.2) is 18.2 Å². The molecular formula is C12H14FNO2. The molecule has 0 aliphatic rings. The lowest BCUT2D eigenvalue weighted by atomic mass is 10.1. The molecule has 86 valence electrons. The topological polar surface area (TPSA) is 46.2 Å². The molecule has 3 nitrogen and oxygen atoms in total. The van der Waals surface area contributed by atoms with Crippen LogP contribution in [0, 0.1) is 12.7 Å². The van der Waals surface area contributed by atoms with E-state index in [0.29, 0.717) is 12.1 Å². The lowest BCUT2D eigenvalue weighted by molar-refractivity contribution is -0.116. The summed E-state index contributed by atoms with van der Waals surface area (Å²) in [5.74, 6) is -1.66. The molecule has 0 atom stereocenters. The van der Waals surface area contributed by atoms with Gasteiger partial charge in [0.1, 0.15) is 5.82 Å². The van der Waals surface area contributed by atoms with E-state index in [-0.39, 0.29) is 11.4 Å². The smallest absolute Gasteiger partial charge is 0.292 e. The first kappa shape index (κ1) is 12.4. The number of rotatable bonds is 4. The van der Waals surface area contributed by atoms with Crippen molar-refractivity contribution in [1.29, 1.82) is 0 Å². The third-order valence-corrected chi connectivity index (χ3v) is 2.16. The van der Waals surface area contributed by atoms with E-state index >= 15 is 0 Å². The van der Waals surface area contributed by atoms with Gasteiger partial charge in [0.2, 0.25) is 5.78 Å². The third-order valence-electron chi connectivity index (χ3n) is 2.16. The average molecular weight is 223 g/mol. The molecule has 1 aromatic carbocycles. The second kappa shape index (κ2) is 5.39. The maximum atomic E-state index is 13.0. The van der Waals surface area contributed by atoms with Crippen molar-refractivity contribution in [2.45, 2.75) is 20.3 Å². The van der Waals surface area contributed by atoms with Crippen molar-refractivity contribution in [1.82, 2.24) is 5.32 Å². The summed E-state index contributed by atoms with van der Waals surface area (Å²) in [6.07, 6.45) is 0.765. The number of ketones is 1. The van der Waals surface area contributed by atoms with Crippen molar-refractivity contribution in [2.24, 2.45) is 0 Å². The predicted octanol–water partition coefficient (Wildman–Crippen LogP) is 1.84. The number of hydrogen-bond donors (Lipinski definition) is 1. The number of carbonyl (C=O) groups excluding carboxylic acids is 2. The molecule has 0 saturated heterocycles. The number of nitrogens with one attached hydrogen (secondary N) is 1. The third kappa shape index (κ3) is 2.89. The summed E-state index contributed by atoms with van der Waals surface area (Å²) in [6.45, 7) is 3.91. The van der Waals surface area contributed by atoms with E-state index in [1.807, 2.05) is 6.92 Å². The van der Waals surface area contributed by atoms with Crippen molar-refractivity contribution in [3.05, 3.63) is 35.1 Å². The van der Waals surface area contributed by atoms with Crippen molar-refractivity contribution in [3.63, 3.8) is 0 Å². The Morgan fingerprint density at radius 3 is 2.62 bits per heavy atom. The number of amides is 1. The van der Waals surface area contributed by atoms with Crippen LogP contribution in [0.4, 0.5) is 4.39 Å². The zero-order valence-electron chi connectivity index (χ0n) is 9.34. The van der Waals surface area contributed by atoms with E-state index in [9.17, 15) is 14.0 Å². The van der Waals surface area contributed by atoms with E-state index in [2.05, 4.69) is 5.32 Å². The number of Topliss-reactive ketones (excluding diaryl/α,β-unsaturated/α-hetero) is 1. The lowest BCUT2D eigenvalue weighted by Crippen LogP contribution is -2.31. The number of benzene rings is 1. The molecule has 0 bridgehead atoms. The Morgan fingerprint density at radius 1 is 1.38 bits per heavy atom. The van der Waals surface area contributed by atoms with Crippen LogP contribution in [0.2, 0.25) is 0 Å². The van der Waals surface area contributed by atoms with Crippen LogP contribution in [0.3, 0.4) is 0 Å². The van der Waals surface area contributed by atoms with Crippen LogP contribution >= 0.6 is 0 Å². The van der Waals surface area contributed by atoms with Gasteiger partial charge in [0.15, 0.2) is 0 Å². The molecule has 16 heavy (non-hydrogen) atoms. The van der Waals surface area contributed by atoms with Crippen LogP contribution < -0.4 is 5.32 Å². The fraction of sp³-hybridized carbons (Fsp3) is 0.333. The van der Waals surface area contributed by atoms with Crippen LogP contribution in [-0.2, 0) is 4.79 Å². The highest BCUT2D eigenvalue weighted by atomic mass is 19.1. The number of aryl methyl sites for hydroxylation is 1. The highest BCUT2D eigenvalue weighted by Gasteiger charge is 2.15. The Bertz CT molecular complexity index is 415. The Kier molecular flexibility index (Phi) is 4.17. The molecule has 0 unspecified atom stereocenters. The summed E-state index contributed by atoms with van der Waals surface area (Å²) in [5, 5.41) is 2.48. The SMILES string of the molecule is CCCNC(=O)C(=O)c1ccc(F)c(C)c1. The van der Waals surface area contributed by atoms with Gasteiger partial charge in [-0.2, -0.15) is 0 Å². The van der Waals surface area contributed by atoms with Gasteiger partial charge in [-0.15, -0.1) is 0 Å². The van der Waals surface area contributed by atoms with E-state index in [1.165, 1.54) is 18.2 Å². The zero-order chi connectivity index (χ0) is 12.1. The molecule has 1 rings (SSSR count). The average Bonchev–Trinajstić information content (AvgIpc) is 2.28. The monoisotopic (exact) mass is 223 g/mol. The van der Waals surface area contributed by atoms with Gasteiger partial charge in [-0.25, -0.2) is 4.39 Å². The Balaban J connectivity index is 2.80. The molecule has 1 aromatic rings. The highest BCUT2D eigenvalue weighted by Crippen LogP contribution is 2.09. The van der Waals surface area contributed by atoms with Gasteiger partial charge in [0.25, 0.3) is 5.91 Å². The number of hydrogen-bond acceptors (Lipinski definition) is 2. The van der Waals surface area contributed by atoms with Crippen molar-refractivity contribution >= 4 is 11.7 Å². The van der Waals surface area contributed by atoms with E-state index in [1.54, 1.807) is 6.92 Å². The molecule has 0 radical (unpaired) electrons. The van der Waals surface area contributed by atoms with Gasteiger partial charge in [-0.05, 0) is 37.1 Å². The van der Waals surface area contributed by atoms with Crippen molar-refractivity contribution in [2.75, 3.05) is 6.54 Å². The van der Waals surface area contributed by atoms with Gasteiger partial charge < -0.3 is 5.32 Å². The quantitative estimate of drug-likeness (QED) is 0.625. The first-order chi connectivity index (χ1) is 7.56. The van der Waals surface area contributed by atoms with Crippen molar-refractivity contribution < 1.29 is 14.0 Å². The van der Waals surface area contributed by atoms with Gasteiger partial charge >= 0.3 is 0 Å². The summed E-state index contributed by atoms with van der Waals surface area (Å²) in [5.41, 5.74) is 0.571. The minimum absolute atomic E-state index is 0.215. The largest absolute Gasteiger partial charge is 0.349 e. The lowest BCUT2D eigenvalue weighted by Gasteiger charge is -2.03. The van der Waals surface area contributed by atoms with Gasteiger partial charge in [-0.3, -0.25) is 9.59 Å². The van der Waals surface area contributed by atoms with Crippen LogP contribution in [0.5, 0.6) is 0 Å². The fourth-order valence-electron chi connectivity index (χ4n) is 1.24. The normalized spacial score (nSPS) is 9.94. The highest BCUT2D eigenvalue weighted by molar-refractivity contribution is 6.42. The predicted molar refractivity (Wildman–Crippen MR) is 58.8 cm³/mol. The zero-order valence-corrected chi connectivity index (χ0v) is 9.34. The van der Waals surface area contributed by atoms with Gasteiger partial charge in [0, 0.05) is 12.1 Å². The van der Waals surface area contributed by atoms with Crippen LogP contribution in [0.1, 0.15) is 29.3 Å². The summed E-state index contributed by atoms with van der Waals surface area (Å²) < 4.78 is 13.0. The van der Waals surface area contributed by atoms with E-state index in [0.717, 1.165) is 6.42 Å². The van der Waals surface area contributed by atoms with Gasteiger partial charge in [0.05, 0.1) is 0 Å². The standard InChI is InChI=1S/C12H14FNO2/c1-3-6-14-12(16)11(15)9-4-5-10(13)8(2)7-9/h4-5,7H,3,6H2,1-2H3,(H,14,16). The molecule has 0 spiro atoms. The second-order valence-electron chi connectivity index (χ2n) is 3.55. The van der Waals surface area contributed by atoms with E-state index in [4.69, 9.17) is 0 Å². The molecule has 0 aliphatic heterocycles. The Morgan fingerprint density at radius 2 is 2.06 bits per heavy atom. The summed E-state index contributed by atoms with van der Waals surface area (Å²) in [6, 6.07) is 3.88. The van der Waals surface area contributed by atoms with Crippen LogP contribution in [0.25, 0.3) is 0 Å². The van der Waals surface area contributed by atoms with Gasteiger partial charge in [-0.1, -0.05) is 6.92 Å². The Labute approximate surface area is 93.7 Å². The molecule has 0 saturated carbocycles. The minimum atomic E-state index is -0.646. The van der Waals surface area contributed by atoms with E-state index < -0.39 is 11.7 Å². The number of halogens is 1. The molecule has 0 heterocycles. The summed E-state index contributed by atoms with van der Waals surface area (Å²) >= 11 is 0. The molecule has 1 amide bonds. The molecule has 0 fully saturated rings. The molecular weight excluding hydrogens is 209 g/mol. The first-order valence-corrected chi connectivity index (χ1v) is 5.15. The molecule has 4 heteroatoms. The summed E-state index contributed by atoms with van der Waals surface area (Å²) in [7, 11) is 0. The fourth-order valence-corrected chi connectivity index (χ4v) is 1.24. The first-order valence-electron chi connectivity index (χ1n) is 5.15. The summed E-state index contributed by atoms with van der Waals surface area (Å²) in [4.78, 5) is 22.9. The van der Waals surface area contributed by atoms with Crippen molar-refractivity contribution in [3.8, 4) is 0 Å². The Hall–Kier alpha value is -1.71. The van der Waals surface area contributed by atoms with Crippen LogP contribution in [-0.4, -0.2) is 18.2 Å². The molecule has 0 aliphatic carbocycles. The molecule has 0 aromatic heterocycles. The minimum Gasteiger partial charge on any atom is -0.349 e. The maximum Gasteiger partial charge on any atom is 0.292 e. The maximum absolute atomic E-state index is 13.0.